The average molecular weight is 306 g/mol. The molecule has 0 radical (unpaired) electrons. The van der Waals surface area contributed by atoms with Crippen molar-refractivity contribution >= 4 is 23.9 Å². The molecule has 0 aliphatic rings. The molecule has 0 atom stereocenters. The van der Waals surface area contributed by atoms with Gasteiger partial charge in [0.05, 0.1) is 0 Å². The molecule has 0 unspecified atom stereocenters. The second-order valence-electron chi connectivity index (χ2n) is 4.79. The predicted molar refractivity (Wildman–Crippen MR) is 89.8 cm³/mol. The minimum absolute atomic E-state index is 0. The van der Waals surface area contributed by atoms with Crippen molar-refractivity contribution in [3.63, 3.8) is 0 Å². The molecule has 0 aliphatic heterocycles. The minimum Gasteiger partial charge on any atom is -0.489 e. The van der Waals surface area contributed by atoms with Crippen molar-refractivity contribution in [2.24, 2.45) is 5.73 Å². The summed E-state index contributed by atoms with van der Waals surface area (Å²) in [7, 11) is 4.02. The molecule has 0 heterocycles. The van der Waals surface area contributed by atoms with Crippen LogP contribution in [-0.2, 0) is 6.61 Å². The van der Waals surface area contributed by atoms with Gasteiger partial charge in [0.2, 0.25) is 0 Å². The Morgan fingerprint density at radius 3 is 2.52 bits per heavy atom. The zero-order valence-electron chi connectivity index (χ0n) is 12.2. The third kappa shape index (κ3) is 4.68. The molecule has 0 aliphatic carbocycles. The first-order chi connectivity index (χ1) is 9.56. The fraction of sp³-hybridized carbons (Fsp3) is 0.188. The summed E-state index contributed by atoms with van der Waals surface area (Å²) >= 11 is 0. The number of nitrogens with zero attached hydrogens (tertiary/aromatic N) is 1. The topological polar surface area (TPSA) is 62.3 Å². The summed E-state index contributed by atoms with van der Waals surface area (Å²) in [5.41, 5.74) is 8.38. The first kappa shape index (κ1) is 16.9. The lowest BCUT2D eigenvalue weighted by Gasteiger charge is -2.14. The fourth-order valence-electron chi connectivity index (χ4n) is 1.84. The lowest BCUT2D eigenvalue weighted by Crippen LogP contribution is -2.11. The molecule has 0 spiro atoms. The normalized spacial score (nSPS) is 9.62. The van der Waals surface area contributed by atoms with Gasteiger partial charge in [-0.05, 0) is 29.8 Å². The van der Waals surface area contributed by atoms with E-state index in [1.807, 2.05) is 38.4 Å². The lowest BCUT2D eigenvalue weighted by atomic mass is 10.2. The molecule has 0 saturated heterocycles. The van der Waals surface area contributed by atoms with Gasteiger partial charge in [0.1, 0.15) is 18.2 Å². The van der Waals surface area contributed by atoms with Crippen LogP contribution in [0.2, 0.25) is 0 Å². The van der Waals surface area contributed by atoms with Gasteiger partial charge in [0.15, 0.2) is 0 Å². The number of anilines is 1. The Balaban J connectivity index is 0.00000220. The lowest BCUT2D eigenvalue weighted by molar-refractivity contribution is 0.306. The highest BCUT2D eigenvalue weighted by molar-refractivity contribution is 5.95. The molecule has 0 aromatic heterocycles. The Morgan fingerprint density at radius 2 is 1.86 bits per heavy atom. The van der Waals surface area contributed by atoms with E-state index in [1.54, 1.807) is 12.1 Å². The summed E-state index contributed by atoms with van der Waals surface area (Å²) in [5, 5.41) is 7.42. The van der Waals surface area contributed by atoms with Crippen molar-refractivity contribution in [2.75, 3.05) is 19.0 Å². The second kappa shape index (κ2) is 7.55. The molecule has 3 N–H and O–H groups in total. The summed E-state index contributed by atoms with van der Waals surface area (Å²) in [4.78, 5) is 2.06. The molecule has 2 rings (SSSR count). The van der Waals surface area contributed by atoms with E-state index < -0.39 is 0 Å². The third-order valence-corrected chi connectivity index (χ3v) is 2.98. The van der Waals surface area contributed by atoms with E-state index in [4.69, 9.17) is 15.9 Å². The second-order valence-corrected chi connectivity index (χ2v) is 4.79. The van der Waals surface area contributed by atoms with Gasteiger partial charge in [-0.1, -0.05) is 24.3 Å². The number of hydrogen-bond acceptors (Lipinski definition) is 3. The van der Waals surface area contributed by atoms with Crippen LogP contribution >= 0.6 is 12.4 Å². The Bertz CT molecular complexity index is 614. The molecule has 112 valence electrons. The number of nitrogens with two attached hydrogens (primary N) is 1. The van der Waals surface area contributed by atoms with E-state index in [9.17, 15) is 0 Å². The van der Waals surface area contributed by atoms with E-state index in [-0.39, 0.29) is 18.2 Å². The summed E-state index contributed by atoms with van der Waals surface area (Å²) in [6.45, 7) is 0.489. The van der Waals surface area contributed by atoms with Crippen LogP contribution in [0.4, 0.5) is 5.69 Å². The van der Waals surface area contributed by atoms with Gasteiger partial charge < -0.3 is 15.4 Å². The number of nitrogen functional groups attached to an aromatic ring is 1. The van der Waals surface area contributed by atoms with Crippen molar-refractivity contribution in [1.29, 1.82) is 5.41 Å². The molecule has 0 amide bonds. The van der Waals surface area contributed by atoms with E-state index in [1.165, 1.54) is 0 Å². The van der Waals surface area contributed by atoms with E-state index in [0.717, 1.165) is 11.3 Å². The molecule has 0 saturated carbocycles. The maximum Gasteiger partial charge on any atom is 0.122 e. The van der Waals surface area contributed by atoms with Crippen molar-refractivity contribution in [3.05, 3.63) is 59.7 Å². The number of nitrogens with one attached hydrogen (secondary N) is 1. The fourth-order valence-corrected chi connectivity index (χ4v) is 1.84. The van der Waals surface area contributed by atoms with Crippen molar-refractivity contribution in [1.82, 2.24) is 0 Å². The predicted octanol–water partition coefficient (Wildman–Crippen LogP) is 3.04. The molecular weight excluding hydrogens is 286 g/mol. The average Bonchev–Trinajstić information content (AvgIpc) is 2.45. The van der Waals surface area contributed by atoms with Gasteiger partial charge in [-0.2, -0.15) is 0 Å². The first-order valence-corrected chi connectivity index (χ1v) is 6.40. The number of amidine groups is 1. The number of benzene rings is 2. The largest absolute Gasteiger partial charge is 0.489 e. The Labute approximate surface area is 131 Å². The maximum atomic E-state index is 7.42. The molecular formula is C16H20ClN3O. The van der Waals surface area contributed by atoms with Crippen LogP contribution in [0.5, 0.6) is 5.75 Å². The third-order valence-electron chi connectivity index (χ3n) is 2.98. The summed E-state index contributed by atoms with van der Waals surface area (Å²) in [6.07, 6.45) is 0. The van der Waals surface area contributed by atoms with Crippen LogP contribution in [0, 0.1) is 5.41 Å². The van der Waals surface area contributed by atoms with Crippen LogP contribution in [0.15, 0.2) is 48.5 Å². The molecule has 0 fully saturated rings. The molecule has 0 bridgehead atoms. The maximum absolute atomic E-state index is 7.42. The van der Waals surface area contributed by atoms with Crippen LogP contribution in [0.3, 0.4) is 0 Å². The summed E-state index contributed by atoms with van der Waals surface area (Å²) < 4.78 is 5.75. The quantitative estimate of drug-likeness (QED) is 0.659. The smallest absolute Gasteiger partial charge is 0.122 e. The highest BCUT2D eigenvalue weighted by Gasteiger charge is 2.01. The molecule has 4 nitrogen and oxygen atoms in total. The zero-order valence-corrected chi connectivity index (χ0v) is 13.0. The molecule has 21 heavy (non-hydrogen) atoms. The van der Waals surface area contributed by atoms with E-state index in [0.29, 0.717) is 17.9 Å². The van der Waals surface area contributed by atoms with Gasteiger partial charge in [-0.3, -0.25) is 5.41 Å². The van der Waals surface area contributed by atoms with E-state index in [2.05, 4.69) is 17.0 Å². The van der Waals surface area contributed by atoms with Crippen LogP contribution < -0.4 is 15.4 Å². The van der Waals surface area contributed by atoms with Crippen LogP contribution in [-0.4, -0.2) is 19.9 Å². The van der Waals surface area contributed by atoms with Crippen molar-refractivity contribution in [3.8, 4) is 5.75 Å². The van der Waals surface area contributed by atoms with Crippen molar-refractivity contribution in [2.45, 2.75) is 6.61 Å². The molecule has 5 heteroatoms. The Morgan fingerprint density at radius 1 is 1.14 bits per heavy atom. The highest BCUT2D eigenvalue weighted by atomic mass is 35.5. The van der Waals surface area contributed by atoms with Gasteiger partial charge in [0.25, 0.3) is 0 Å². The number of rotatable bonds is 5. The van der Waals surface area contributed by atoms with Crippen LogP contribution in [0.25, 0.3) is 0 Å². The van der Waals surface area contributed by atoms with Gasteiger partial charge in [-0.25, -0.2) is 0 Å². The monoisotopic (exact) mass is 305 g/mol. The standard InChI is InChI=1S/C16H19N3O.ClH/c1-19(2)14-7-3-5-12(9-14)11-20-15-8-4-6-13(10-15)16(17)18;/h3-10H,11H2,1-2H3,(H3,17,18);1H. The van der Waals surface area contributed by atoms with Gasteiger partial charge >= 0.3 is 0 Å². The highest BCUT2D eigenvalue weighted by Crippen LogP contribution is 2.17. The number of ether oxygens (including phenoxy) is 1. The van der Waals surface area contributed by atoms with Gasteiger partial charge in [0, 0.05) is 25.3 Å². The summed E-state index contributed by atoms with van der Waals surface area (Å²) in [6, 6.07) is 15.5. The minimum atomic E-state index is 0. The molecule has 2 aromatic rings. The van der Waals surface area contributed by atoms with Crippen LogP contribution in [0.1, 0.15) is 11.1 Å². The zero-order chi connectivity index (χ0) is 14.5. The van der Waals surface area contributed by atoms with Gasteiger partial charge in [-0.15, -0.1) is 12.4 Å². The Kier molecular flexibility index (Phi) is 6.06. The number of halogens is 1. The summed E-state index contributed by atoms with van der Waals surface area (Å²) in [5.74, 6) is 0.762. The molecule has 2 aromatic carbocycles. The van der Waals surface area contributed by atoms with E-state index >= 15 is 0 Å². The van der Waals surface area contributed by atoms with Crippen molar-refractivity contribution < 1.29 is 4.74 Å². The first-order valence-electron chi connectivity index (χ1n) is 6.40. The SMILES string of the molecule is CN(C)c1cccc(COc2cccc(C(=N)N)c2)c1.Cl. The Hall–Kier alpha value is -2.20. The number of hydrogen-bond donors (Lipinski definition) is 2.